The summed E-state index contributed by atoms with van der Waals surface area (Å²) in [5.74, 6) is -0.0427. The summed E-state index contributed by atoms with van der Waals surface area (Å²) in [5, 5.41) is 2.51. The number of nitrogens with zero attached hydrogens (tertiary/aromatic N) is 1. The standard InChI is InChI=1S/C15H16BrN3O2S/c1-19(9-12-6-7-13(16)22-12)14(20)11-4-2-10(3-5-11)8-18-15(17)21/h2-7H,8-9H2,1H3,(H3,17,18,21). The van der Waals surface area contributed by atoms with Crippen molar-refractivity contribution >= 4 is 39.2 Å². The molecule has 0 aliphatic heterocycles. The van der Waals surface area contributed by atoms with Crippen molar-refractivity contribution in [3.05, 3.63) is 56.2 Å². The number of urea groups is 1. The fourth-order valence-corrected chi connectivity index (χ4v) is 3.45. The molecule has 0 atom stereocenters. The first kappa shape index (κ1) is 16.5. The first-order chi connectivity index (χ1) is 10.5. The number of thiophene rings is 1. The lowest BCUT2D eigenvalue weighted by atomic mass is 10.1. The molecule has 5 nitrogen and oxygen atoms in total. The van der Waals surface area contributed by atoms with Gasteiger partial charge in [0.2, 0.25) is 0 Å². The fourth-order valence-electron chi connectivity index (χ4n) is 1.92. The van der Waals surface area contributed by atoms with Gasteiger partial charge in [-0.15, -0.1) is 11.3 Å². The number of nitrogens with one attached hydrogen (secondary N) is 1. The molecule has 0 bridgehead atoms. The van der Waals surface area contributed by atoms with E-state index in [1.807, 2.05) is 12.1 Å². The van der Waals surface area contributed by atoms with Gasteiger partial charge in [0.05, 0.1) is 10.3 Å². The zero-order chi connectivity index (χ0) is 16.1. The molecular weight excluding hydrogens is 366 g/mol. The lowest BCUT2D eigenvalue weighted by Gasteiger charge is -2.16. The first-order valence-electron chi connectivity index (χ1n) is 6.57. The highest BCUT2D eigenvalue weighted by Crippen LogP contribution is 2.23. The highest BCUT2D eigenvalue weighted by molar-refractivity contribution is 9.11. The van der Waals surface area contributed by atoms with Crippen molar-refractivity contribution in [1.82, 2.24) is 10.2 Å². The van der Waals surface area contributed by atoms with Crippen molar-refractivity contribution in [2.75, 3.05) is 7.05 Å². The molecule has 0 aliphatic rings. The largest absolute Gasteiger partial charge is 0.352 e. The molecule has 0 aliphatic carbocycles. The number of carbonyl (C=O) groups is 2. The molecule has 2 rings (SSSR count). The molecule has 22 heavy (non-hydrogen) atoms. The van der Waals surface area contributed by atoms with Gasteiger partial charge in [0.25, 0.3) is 5.91 Å². The van der Waals surface area contributed by atoms with Gasteiger partial charge in [0.15, 0.2) is 0 Å². The highest BCUT2D eigenvalue weighted by atomic mass is 79.9. The number of halogens is 1. The smallest absolute Gasteiger partial charge is 0.312 e. The molecule has 1 aromatic carbocycles. The Labute approximate surface area is 141 Å². The minimum Gasteiger partial charge on any atom is -0.352 e. The van der Waals surface area contributed by atoms with E-state index in [0.29, 0.717) is 18.7 Å². The molecule has 3 N–H and O–H groups in total. The molecule has 3 amide bonds. The Morgan fingerprint density at radius 3 is 2.45 bits per heavy atom. The van der Waals surface area contributed by atoms with Crippen LogP contribution in [0.3, 0.4) is 0 Å². The lowest BCUT2D eigenvalue weighted by Crippen LogP contribution is -2.28. The molecule has 0 saturated carbocycles. The lowest BCUT2D eigenvalue weighted by molar-refractivity contribution is 0.0786. The van der Waals surface area contributed by atoms with Crippen LogP contribution in [-0.4, -0.2) is 23.9 Å². The van der Waals surface area contributed by atoms with Crippen molar-refractivity contribution in [2.45, 2.75) is 13.1 Å². The normalized spacial score (nSPS) is 10.3. The van der Waals surface area contributed by atoms with E-state index in [9.17, 15) is 9.59 Å². The van der Waals surface area contributed by atoms with Gasteiger partial charge in [-0.25, -0.2) is 4.79 Å². The summed E-state index contributed by atoms with van der Waals surface area (Å²) < 4.78 is 1.05. The van der Waals surface area contributed by atoms with Gasteiger partial charge < -0.3 is 16.0 Å². The van der Waals surface area contributed by atoms with Crippen LogP contribution in [0.5, 0.6) is 0 Å². The van der Waals surface area contributed by atoms with Crippen molar-refractivity contribution in [3.8, 4) is 0 Å². The summed E-state index contributed by atoms with van der Waals surface area (Å²) in [4.78, 5) is 25.8. The summed E-state index contributed by atoms with van der Waals surface area (Å²) in [7, 11) is 1.78. The van der Waals surface area contributed by atoms with E-state index < -0.39 is 6.03 Å². The Bertz CT molecular complexity index is 670. The minimum absolute atomic E-state index is 0.0427. The molecule has 7 heteroatoms. The van der Waals surface area contributed by atoms with Crippen LogP contribution in [0.2, 0.25) is 0 Å². The third kappa shape index (κ3) is 4.57. The average molecular weight is 382 g/mol. The monoisotopic (exact) mass is 381 g/mol. The predicted molar refractivity (Wildman–Crippen MR) is 90.7 cm³/mol. The maximum absolute atomic E-state index is 12.4. The molecule has 1 heterocycles. The van der Waals surface area contributed by atoms with Gasteiger partial charge in [0.1, 0.15) is 0 Å². The topological polar surface area (TPSA) is 75.4 Å². The second kappa shape index (κ2) is 7.42. The number of hydrogen-bond donors (Lipinski definition) is 2. The third-order valence-corrected chi connectivity index (χ3v) is 4.64. The molecule has 0 radical (unpaired) electrons. The van der Waals surface area contributed by atoms with E-state index in [4.69, 9.17) is 5.73 Å². The van der Waals surface area contributed by atoms with E-state index in [1.54, 1.807) is 47.5 Å². The van der Waals surface area contributed by atoms with Gasteiger partial charge in [0, 0.05) is 24.0 Å². The zero-order valence-corrected chi connectivity index (χ0v) is 14.4. The number of primary amides is 1. The number of carbonyl (C=O) groups excluding carboxylic acids is 2. The predicted octanol–water partition coefficient (Wildman–Crippen LogP) is 2.95. The van der Waals surface area contributed by atoms with E-state index in [0.717, 1.165) is 14.2 Å². The van der Waals surface area contributed by atoms with Crippen LogP contribution in [0.4, 0.5) is 4.79 Å². The molecule has 0 fully saturated rings. The van der Waals surface area contributed by atoms with Gasteiger partial charge in [-0.05, 0) is 45.8 Å². The third-order valence-electron chi connectivity index (χ3n) is 3.04. The van der Waals surface area contributed by atoms with Gasteiger partial charge in [-0.3, -0.25) is 4.79 Å². The fraction of sp³-hybridized carbons (Fsp3) is 0.200. The van der Waals surface area contributed by atoms with Crippen molar-refractivity contribution in [2.24, 2.45) is 5.73 Å². The maximum Gasteiger partial charge on any atom is 0.312 e. The van der Waals surface area contributed by atoms with Crippen LogP contribution in [0, 0.1) is 0 Å². The summed E-state index contributed by atoms with van der Waals surface area (Å²) in [6.45, 7) is 0.920. The van der Waals surface area contributed by atoms with Crippen molar-refractivity contribution < 1.29 is 9.59 Å². The van der Waals surface area contributed by atoms with Crippen LogP contribution in [0.1, 0.15) is 20.8 Å². The summed E-state index contributed by atoms with van der Waals surface area (Å²) in [5.41, 5.74) is 6.52. The van der Waals surface area contributed by atoms with Gasteiger partial charge in [-0.1, -0.05) is 12.1 Å². The van der Waals surface area contributed by atoms with Crippen LogP contribution >= 0.6 is 27.3 Å². The molecule has 116 valence electrons. The Morgan fingerprint density at radius 2 is 1.91 bits per heavy atom. The summed E-state index contributed by atoms with van der Waals surface area (Å²) in [6.07, 6.45) is 0. The number of hydrogen-bond acceptors (Lipinski definition) is 3. The highest BCUT2D eigenvalue weighted by Gasteiger charge is 2.13. The minimum atomic E-state index is -0.568. The molecule has 0 spiro atoms. The Morgan fingerprint density at radius 1 is 1.23 bits per heavy atom. The molecule has 0 saturated heterocycles. The first-order valence-corrected chi connectivity index (χ1v) is 8.18. The Kier molecular flexibility index (Phi) is 5.57. The number of benzene rings is 1. The van der Waals surface area contributed by atoms with Gasteiger partial charge in [-0.2, -0.15) is 0 Å². The van der Waals surface area contributed by atoms with Crippen molar-refractivity contribution in [1.29, 1.82) is 0 Å². The van der Waals surface area contributed by atoms with Crippen LogP contribution in [-0.2, 0) is 13.1 Å². The number of nitrogens with two attached hydrogens (primary N) is 1. The van der Waals surface area contributed by atoms with E-state index in [1.165, 1.54) is 0 Å². The van der Waals surface area contributed by atoms with Crippen molar-refractivity contribution in [3.63, 3.8) is 0 Å². The zero-order valence-electron chi connectivity index (χ0n) is 12.0. The van der Waals surface area contributed by atoms with E-state index in [2.05, 4.69) is 21.2 Å². The Balaban J connectivity index is 1.97. The average Bonchev–Trinajstić information content (AvgIpc) is 2.90. The van der Waals surface area contributed by atoms with Crippen LogP contribution in [0.15, 0.2) is 40.2 Å². The van der Waals surface area contributed by atoms with E-state index in [-0.39, 0.29) is 5.91 Å². The number of amides is 3. The quantitative estimate of drug-likeness (QED) is 0.834. The molecular formula is C15H16BrN3O2S. The molecule has 0 unspecified atom stereocenters. The summed E-state index contributed by atoms with van der Waals surface area (Å²) >= 11 is 5.02. The molecule has 2 aromatic rings. The van der Waals surface area contributed by atoms with Crippen LogP contribution in [0.25, 0.3) is 0 Å². The Hall–Kier alpha value is -1.86. The maximum atomic E-state index is 12.4. The second-order valence-corrected chi connectivity index (χ2v) is 7.33. The number of rotatable bonds is 5. The molecule has 1 aromatic heterocycles. The van der Waals surface area contributed by atoms with E-state index >= 15 is 0 Å². The van der Waals surface area contributed by atoms with Crippen LogP contribution < -0.4 is 11.1 Å². The van der Waals surface area contributed by atoms with Gasteiger partial charge >= 0.3 is 6.03 Å². The SMILES string of the molecule is CN(Cc1ccc(Br)s1)C(=O)c1ccc(CNC(N)=O)cc1. The summed E-state index contributed by atoms with van der Waals surface area (Å²) in [6, 6.07) is 10.5. The second-order valence-electron chi connectivity index (χ2n) is 4.78.